The van der Waals surface area contributed by atoms with Crippen LogP contribution in [0.1, 0.15) is 61.2 Å². The quantitative estimate of drug-likeness (QED) is 0.146. The number of hydrogen-bond donors (Lipinski definition) is 0. The zero-order chi connectivity index (χ0) is 56.3. The standard InChI is InChI=1S/C71H53F6N3/c1-39-12-20-53(43(5)28-39)48-15-23-57-58-24-16-49(54-21-13-40(2)29-44(54)6)34-64(58)79(63(57)33-48)67-31-47(38-78)32-68(69(67)61-27-19-52(70(72,73)74)37-62(61)71(75,76)77)80-65-35-50(55-22-14-41(3)30-45(55)7)17-25-59(65)60-26-18-51(36-66(60)80)56-11-9-10-42(4)46(56)8/h9-37H,1-8H3. The molecule has 2 heterocycles. The van der Waals surface area contributed by atoms with Crippen LogP contribution in [-0.2, 0) is 12.4 Å². The molecule has 0 amide bonds. The lowest BCUT2D eigenvalue weighted by molar-refractivity contribution is -0.142. The van der Waals surface area contributed by atoms with Gasteiger partial charge in [-0.3, -0.25) is 0 Å². The van der Waals surface area contributed by atoms with Crippen LogP contribution >= 0.6 is 0 Å². The average Bonchev–Trinajstić information content (AvgIpc) is 3.93. The molecule has 3 nitrogen and oxygen atoms in total. The van der Waals surface area contributed by atoms with E-state index in [-0.39, 0.29) is 28.6 Å². The number of nitrogens with zero attached hydrogens (tertiary/aromatic N) is 3. The average molecular weight is 1060 g/mol. The first kappa shape index (κ1) is 51.6. The van der Waals surface area contributed by atoms with Gasteiger partial charge >= 0.3 is 12.4 Å². The van der Waals surface area contributed by atoms with Crippen molar-refractivity contribution in [3.05, 3.63) is 237 Å². The Hall–Kier alpha value is -9.13. The minimum absolute atomic E-state index is 0.0226. The van der Waals surface area contributed by atoms with E-state index in [4.69, 9.17) is 0 Å². The molecule has 0 unspecified atom stereocenters. The molecule has 0 aliphatic heterocycles. The van der Waals surface area contributed by atoms with Crippen molar-refractivity contribution in [2.45, 2.75) is 67.7 Å². The van der Waals surface area contributed by atoms with Crippen molar-refractivity contribution in [3.8, 4) is 73.1 Å². The molecule has 9 heteroatoms. The van der Waals surface area contributed by atoms with E-state index < -0.39 is 29.0 Å². The highest BCUT2D eigenvalue weighted by Gasteiger charge is 2.40. The van der Waals surface area contributed by atoms with Gasteiger partial charge in [0, 0.05) is 27.1 Å². The first-order valence-corrected chi connectivity index (χ1v) is 26.5. The van der Waals surface area contributed by atoms with Gasteiger partial charge in [0.2, 0.25) is 0 Å². The number of nitriles is 1. The fraction of sp³-hybridized carbons (Fsp3) is 0.141. The highest BCUT2D eigenvalue weighted by atomic mass is 19.4. The fourth-order valence-corrected chi connectivity index (χ4v) is 12.2. The lowest BCUT2D eigenvalue weighted by Crippen LogP contribution is -2.14. The molecule has 0 bridgehead atoms. The SMILES string of the molecule is Cc1ccc(-c2ccc3c4ccc(-c5ccc(C)cc5C)cc4n(-c4cc(C#N)cc(-n5c6cc(-c7ccc(C)cc7C)ccc6c6ccc(-c7cccc(C)c7C)cc65)c4-c4ccc(C(F)(F)F)cc4C(F)(F)F)c3c2)c(C)c1. The second kappa shape index (κ2) is 19.1. The minimum atomic E-state index is -5.28. The number of benzene rings is 10. The largest absolute Gasteiger partial charge is 0.417 e. The van der Waals surface area contributed by atoms with Gasteiger partial charge in [-0.05, 0) is 182 Å². The summed E-state index contributed by atoms with van der Waals surface area (Å²) in [5.41, 5.74) is 15.1. The van der Waals surface area contributed by atoms with Crippen LogP contribution in [0.4, 0.5) is 26.3 Å². The van der Waals surface area contributed by atoms with E-state index in [0.29, 0.717) is 22.1 Å². The molecule has 0 saturated carbocycles. The summed E-state index contributed by atoms with van der Waals surface area (Å²) in [6.07, 6.45) is -10.4. The van der Waals surface area contributed by atoms with Gasteiger partial charge in [0.1, 0.15) is 0 Å². The van der Waals surface area contributed by atoms with Gasteiger partial charge in [0.05, 0.1) is 56.2 Å². The van der Waals surface area contributed by atoms with Crippen molar-refractivity contribution in [1.82, 2.24) is 9.13 Å². The Kier molecular flexibility index (Phi) is 12.3. The van der Waals surface area contributed by atoms with Crippen LogP contribution in [0.2, 0.25) is 0 Å². The summed E-state index contributed by atoms with van der Waals surface area (Å²) in [5.74, 6) is 0. The van der Waals surface area contributed by atoms with Crippen LogP contribution in [0.3, 0.4) is 0 Å². The lowest BCUT2D eigenvalue weighted by Gasteiger charge is -2.24. The molecule has 0 aliphatic carbocycles. The molecule has 0 fully saturated rings. The Labute approximate surface area is 460 Å². The molecule has 0 atom stereocenters. The maximum absolute atomic E-state index is 16.2. The van der Waals surface area contributed by atoms with Gasteiger partial charge in [0.15, 0.2) is 0 Å². The lowest BCUT2D eigenvalue weighted by atomic mass is 9.92. The van der Waals surface area contributed by atoms with Crippen molar-refractivity contribution in [3.63, 3.8) is 0 Å². The minimum Gasteiger partial charge on any atom is -0.308 e. The van der Waals surface area contributed by atoms with Crippen molar-refractivity contribution in [2.75, 3.05) is 0 Å². The first-order valence-electron chi connectivity index (χ1n) is 26.5. The third-order valence-electron chi connectivity index (χ3n) is 16.2. The predicted molar refractivity (Wildman–Crippen MR) is 315 cm³/mol. The molecule has 0 aliphatic rings. The smallest absolute Gasteiger partial charge is 0.308 e. The number of alkyl halides is 6. The number of rotatable bonds is 7. The van der Waals surface area contributed by atoms with Crippen LogP contribution < -0.4 is 0 Å². The Morgan fingerprint density at radius 3 is 1.11 bits per heavy atom. The maximum atomic E-state index is 16.2. The van der Waals surface area contributed by atoms with Crippen molar-refractivity contribution in [1.29, 1.82) is 5.26 Å². The molecule has 0 N–H and O–H groups in total. The molecule has 2 aromatic heterocycles. The third kappa shape index (κ3) is 8.71. The summed E-state index contributed by atoms with van der Waals surface area (Å²) in [7, 11) is 0. The monoisotopic (exact) mass is 1060 g/mol. The van der Waals surface area contributed by atoms with E-state index in [0.717, 1.165) is 123 Å². The number of hydrogen-bond acceptors (Lipinski definition) is 1. The molecule has 0 spiro atoms. The zero-order valence-electron chi connectivity index (χ0n) is 45.4. The van der Waals surface area contributed by atoms with Crippen molar-refractivity contribution in [2.24, 2.45) is 0 Å². The molecule has 12 rings (SSSR count). The first-order chi connectivity index (χ1) is 38.2. The summed E-state index contributed by atoms with van der Waals surface area (Å²) < 4.78 is 96.8. The van der Waals surface area contributed by atoms with Crippen LogP contribution in [-0.4, -0.2) is 9.13 Å². The molecular weight excluding hydrogens is 1010 g/mol. The summed E-state index contributed by atoms with van der Waals surface area (Å²) in [5, 5.41) is 14.5. The summed E-state index contributed by atoms with van der Waals surface area (Å²) in [6, 6.07) is 56.4. The number of aryl methyl sites for hydroxylation is 7. The number of halogens is 6. The van der Waals surface area contributed by atoms with E-state index in [1.54, 1.807) is 12.1 Å². The topological polar surface area (TPSA) is 33.6 Å². The van der Waals surface area contributed by atoms with Gasteiger partial charge in [-0.25, -0.2) is 0 Å². The Morgan fingerprint density at radius 1 is 0.362 bits per heavy atom. The van der Waals surface area contributed by atoms with E-state index in [1.165, 1.54) is 0 Å². The number of fused-ring (bicyclic) bond motifs is 6. The van der Waals surface area contributed by atoms with Gasteiger partial charge in [-0.15, -0.1) is 0 Å². The maximum Gasteiger partial charge on any atom is 0.417 e. The van der Waals surface area contributed by atoms with E-state index >= 15 is 13.2 Å². The van der Waals surface area contributed by atoms with Crippen LogP contribution in [0.5, 0.6) is 0 Å². The normalized spacial score (nSPS) is 12.1. The van der Waals surface area contributed by atoms with Gasteiger partial charge < -0.3 is 9.13 Å². The predicted octanol–water partition coefficient (Wildman–Crippen LogP) is 20.6. The van der Waals surface area contributed by atoms with Crippen molar-refractivity contribution >= 4 is 43.6 Å². The molecule has 10 aromatic carbocycles. The molecule has 12 aromatic rings. The number of aromatic nitrogens is 2. The van der Waals surface area contributed by atoms with Crippen LogP contribution in [0, 0.1) is 66.7 Å². The van der Waals surface area contributed by atoms with E-state index in [2.05, 4.69) is 42.5 Å². The molecule has 0 radical (unpaired) electrons. The third-order valence-corrected chi connectivity index (χ3v) is 16.2. The second-order valence-electron chi connectivity index (χ2n) is 21.6. The zero-order valence-corrected chi connectivity index (χ0v) is 45.4. The molecular formula is C71H53F6N3. The molecule has 80 heavy (non-hydrogen) atoms. The van der Waals surface area contributed by atoms with Crippen molar-refractivity contribution < 1.29 is 26.3 Å². The molecule has 394 valence electrons. The summed E-state index contributed by atoms with van der Waals surface area (Å²) in [4.78, 5) is 0. The molecule has 0 saturated heterocycles. The second-order valence-corrected chi connectivity index (χ2v) is 21.6. The van der Waals surface area contributed by atoms with E-state index in [1.807, 2.05) is 174 Å². The van der Waals surface area contributed by atoms with Gasteiger partial charge in [0.25, 0.3) is 0 Å². The van der Waals surface area contributed by atoms with Crippen LogP contribution in [0.25, 0.3) is 111 Å². The Bertz CT molecular complexity index is 4500. The Morgan fingerprint density at radius 2 is 0.750 bits per heavy atom. The highest BCUT2D eigenvalue weighted by Crippen LogP contribution is 2.49. The Balaban J connectivity index is 1.30. The summed E-state index contributed by atoms with van der Waals surface area (Å²) in [6.45, 7) is 16.3. The fourth-order valence-electron chi connectivity index (χ4n) is 12.2. The van der Waals surface area contributed by atoms with Gasteiger partial charge in [-0.1, -0.05) is 144 Å². The highest BCUT2D eigenvalue weighted by molar-refractivity contribution is 6.14. The van der Waals surface area contributed by atoms with Crippen LogP contribution in [0.15, 0.2) is 176 Å². The van der Waals surface area contributed by atoms with Gasteiger partial charge in [-0.2, -0.15) is 31.6 Å². The summed E-state index contributed by atoms with van der Waals surface area (Å²) >= 11 is 0. The van der Waals surface area contributed by atoms with E-state index in [9.17, 15) is 18.4 Å².